The standard InChI is InChI=1S/C16H24N2O4/c1-11(14(19)21-5)18(15(20)22-16(2,3)4)10-12-8-6-7-9-13(12)17/h6-9,11H,10,17H2,1-5H3/t11-/m0/s1. The highest BCUT2D eigenvalue weighted by molar-refractivity contribution is 5.81. The van der Waals surface area contributed by atoms with Gasteiger partial charge in [-0.3, -0.25) is 4.90 Å². The van der Waals surface area contributed by atoms with E-state index in [1.54, 1.807) is 45.9 Å². The number of hydrogen-bond acceptors (Lipinski definition) is 5. The smallest absolute Gasteiger partial charge is 0.411 e. The number of hydrogen-bond donors (Lipinski definition) is 1. The molecule has 2 N–H and O–H groups in total. The number of para-hydroxylation sites is 1. The number of anilines is 1. The van der Waals surface area contributed by atoms with Gasteiger partial charge < -0.3 is 15.2 Å². The summed E-state index contributed by atoms with van der Waals surface area (Å²) in [7, 11) is 1.28. The monoisotopic (exact) mass is 308 g/mol. The third-order valence-electron chi connectivity index (χ3n) is 3.03. The van der Waals surface area contributed by atoms with Crippen molar-refractivity contribution < 1.29 is 19.1 Å². The van der Waals surface area contributed by atoms with Crippen LogP contribution in [0.2, 0.25) is 0 Å². The summed E-state index contributed by atoms with van der Waals surface area (Å²) < 4.78 is 10.1. The molecule has 0 aromatic heterocycles. The van der Waals surface area contributed by atoms with Gasteiger partial charge in [0.2, 0.25) is 0 Å². The van der Waals surface area contributed by atoms with Crippen molar-refractivity contribution in [3.05, 3.63) is 29.8 Å². The minimum atomic E-state index is -0.778. The number of nitrogens with two attached hydrogens (primary N) is 1. The zero-order chi connectivity index (χ0) is 16.9. The van der Waals surface area contributed by atoms with Crippen LogP contribution in [0.15, 0.2) is 24.3 Å². The molecule has 1 aromatic carbocycles. The molecule has 122 valence electrons. The maximum absolute atomic E-state index is 12.4. The van der Waals surface area contributed by atoms with Crippen LogP contribution in [0, 0.1) is 0 Å². The van der Waals surface area contributed by atoms with Crippen molar-refractivity contribution in [3.8, 4) is 0 Å². The summed E-state index contributed by atoms with van der Waals surface area (Å²) in [5.74, 6) is -0.514. The van der Waals surface area contributed by atoms with Crippen LogP contribution >= 0.6 is 0 Å². The first-order valence-electron chi connectivity index (χ1n) is 7.06. The molecule has 0 fully saturated rings. The lowest BCUT2D eigenvalue weighted by Gasteiger charge is -2.30. The summed E-state index contributed by atoms with van der Waals surface area (Å²) in [5.41, 5.74) is 6.54. The number of nitrogen functional groups attached to an aromatic ring is 1. The van der Waals surface area contributed by atoms with E-state index in [4.69, 9.17) is 15.2 Å². The highest BCUT2D eigenvalue weighted by Crippen LogP contribution is 2.19. The van der Waals surface area contributed by atoms with E-state index < -0.39 is 23.7 Å². The molecule has 6 nitrogen and oxygen atoms in total. The second-order valence-corrected chi connectivity index (χ2v) is 6.01. The molecule has 0 radical (unpaired) electrons. The molecule has 0 saturated carbocycles. The van der Waals surface area contributed by atoms with Gasteiger partial charge in [0.1, 0.15) is 11.6 Å². The first-order valence-corrected chi connectivity index (χ1v) is 7.06. The van der Waals surface area contributed by atoms with Crippen molar-refractivity contribution in [3.63, 3.8) is 0 Å². The molecule has 1 aromatic rings. The first-order chi connectivity index (χ1) is 10.2. The first kappa shape index (κ1) is 17.8. The Labute approximate surface area is 131 Å². The Kier molecular flexibility index (Phi) is 5.79. The second kappa shape index (κ2) is 7.15. The van der Waals surface area contributed by atoms with E-state index in [9.17, 15) is 9.59 Å². The fraction of sp³-hybridized carbons (Fsp3) is 0.500. The fourth-order valence-corrected chi connectivity index (χ4v) is 1.84. The van der Waals surface area contributed by atoms with E-state index in [1.165, 1.54) is 12.0 Å². The average Bonchev–Trinajstić information content (AvgIpc) is 2.42. The Morgan fingerprint density at radius 2 is 1.86 bits per heavy atom. The third-order valence-corrected chi connectivity index (χ3v) is 3.03. The molecule has 0 unspecified atom stereocenters. The quantitative estimate of drug-likeness (QED) is 0.683. The Bertz CT molecular complexity index is 537. The summed E-state index contributed by atoms with van der Waals surface area (Å²) in [6.45, 7) is 7.06. The minimum absolute atomic E-state index is 0.165. The molecule has 0 bridgehead atoms. The van der Waals surface area contributed by atoms with Crippen LogP contribution < -0.4 is 5.73 Å². The van der Waals surface area contributed by atoms with Crippen LogP contribution in [-0.4, -0.2) is 35.7 Å². The molecular weight excluding hydrogens is 284 g/mol. The molecule has 0 aliphatic carbocycles. The van der Waals surface area contributed by atoms with E-state index in [0.717, 1.165) is 5.56 Å². The number of esters is 1. The Hall–Kier alpha value is -2.24. The van der Waals surface area contributed by atoms with Crippen molar-refractivity contribution in [1.29, 1.82) is 0 Å². The number of nitrogens with zero attached hydrogens (tertiary/aromatic N) is 1. The van der Waals surface area contributed by atoms with Gasteiger partial charge in [0.25, 0.3) is 0 Å². The van der Waals surface area contributed by atoms with E-state index in [-0.39, 0.29) is 6.54 Å². The van der Waals surface area contributed by atoms with Gasteiger partial charge >= 0.3 is 12.1 Å². The largest absolute Gasteiger partial charge is 0.467 e. The molecule has 0 heterocycles. The highest BCUT2D eigenvalue weighted by Gasteiger charge is 2.30. The molecular formula is C16H24N2O4. The van der Waals surface area contributed by atoms with E-state index in [2.05, 4.69) is 0 Å². The Balaban J connectivity index is 3.03. The van der Waals surface area contributed by atoms with Crippen LogP contribution in [0.5, 0.6) is 0 Å². The number of amides is 1. The average molecular weight is 308 g/mol. The minimum Gasteiger partial charge on any atom is -0.467 e. The van der Waals surface area contributed by atoms with Crippen LogP contribution in [0.1, 0.15) is 33.3 Å². The number of ether oxygens (including phenoxy) is 2. The summed E-state index contributed by atoms with van der Waals surface area (Å²) in [6, 6.07) is 6.39. The van der Waals surface area contributed by atoms with Gasteiger partial charge in [0.05, 0.1) is 13.7 Å². The van der Waals surface area contributed by atoms with Gasteiger partial charge in [-0.15, -0.1) is 0 Å². The maximum atomic E-state index is 12.4. The predicted octanol–water partition coefficient (Wildman–Crippen LogP) is 2.57. The molecule has 0 aliphatic heterocycles. The number of methoxy groups -OCH3 is 1. The van der Waals surface area contributed by atoms with Gasteiger partial charge in [-0.05, 0) is 39.3 Å². The highest BCUT2D eigenvalue weighted by atomic mass is 16.6. The van der Waals surface area contributed by atoms with Crippen LogP contribution in [0.25, 0.3) is 0 Å². The van der Waals surface area contributed by atoms with Crippen molar-refractivity contribution in [2.75, 3.05) is 12.8 Å². The van der Waals surface area contributed by atoms with Crippen molar-refractivity contribution >= 4 is 17.7 Å². The lowest BCUT2D eigenvalue weighted by atomic mass is 10.1. The van der Waals surface area contributed by atoms with Crippen LogP contribution in [0.3, 0.4) is 0 Å². The van der Waals surface area contributed by atoms with E-state index in [0.29, 0.717) is 5.69 Å². The SMILES string of the molecule is COC(=O)[C@H](C)N(Cc1ccccc1N)C(=O)OC(C)(C)C. The van der Waals surface area contributed by atoms with E-state index in [1.807, 2.05) is 6.07 Å². The van der Waals surface area contributed by atoms with Crippen LogP contribution in [-0.2, 0) is 20.8 Å². The van der Waals surface area contributed by atoms with Crippen molar-refractivity contribution in [1.82, 2.24) is 4.90 Å². The Morgan fingerprint density at radius 3 is 2.36 bits per heavy atom. The summed E-state index contributed by atoms with van der Waals surface area (Å²) in [6.07, 6.45) is -0.589. The maximum Gasteiger partial charge on any atom is 0.411 e. The summed E-state index contributed by atoms with van der Waals surface area (Å²) >= 11 is 0. The van der Waals surface area contributed by atoms with Gasteiger partial charge in [0.15, 0.2) is 0 Å². The topological polar surface area (TPSA) is 81.9 Å². The number of rotatable bonds is 4. The number of carbonyl (C=O) groups is 2. The molecule has 1 amide bonds. The van der Waals surface area contributed by atoms with Gasteiger partial charge in [0, 0.05) is 5.69 Å². The van der Waals surface area contributed by atoms with Crippen molar-refractivity contribution in [2.24, 2.45) is 0 Å². The summed E-state index contributed by atoms with van der Waals surface area (Å²) in [4.78, 5) is 25.5. The van der Waals surface area contributed by atoms with Gasteiger partial charge in [-0.2, -0.15) is 0 Å². The lowest BCUT2D eigenvalue weighted by molar-refractivity contribution is -0.146. The molecule has 0 saturated heterocycles. The third kappa shape index (κ3) is 4.95. The molecule has 22 heavy (non-hydrogen) atoms. The van der Waals surface area contributed by atoms with Gasteiger partial charge in [-0.25, -0.2) is 9.59 Å². The zero-order valence-corrected chi connectivity index (χ0v) is 13.8. The lowest BCUT2D eigenvalue weighted by Crippen LogP contribution is -2.45. The molecule has 0 aliphatic rings. The zero-order valence-electron chi connectivity index (χ0n) is 13.8. The predicted molar refractivity (Wildman–Crippen MR) is 84.1 cm³/mol. The number of carbonyl (C=O) groups excluding carboxylic acids is 2. The van der Waals surface area contributed by atoms with E-state index >= 15 is 0 Å². The van der Waals surface area contributed by atoms with Crippen molar-refractivity contribution in [2.45, 2.75) is 45.9 Å². The number of benzene rings is 1. The molecule has 6 heteroatoms. The molecule has 1 rings (SSSR count). The fourth-order valence-electron chi connectivity index (χ4n) is 1.84. The molecule has 1 atom stereocenters. The summed E-state index contributed by atoms with van der Waals surface area (Å²) in [5, 5.41) is 0. The molecule has 0 spiro atoms. The normalized spacial score (nSPS) is 12.4. The Morgan fingerprint density at radius 1 is 1.27 bits per heavy atom. The van der Waals surface area contributed by atoms with Crippen LogP contribution in [0.4, 0.5) is 10.5 Å². The second-order valence-electron chi connectivity index (χ2n) is 6.01. The van der Waals surface area contributed by atoms with Gasteiger partial charge in [-0.1, -0.05) is 18.2 Å².